The van der Waals surface area contributed by atoms with Crippen LogP contribution in [0.5, 0.6) is 0 Å². The Morgan fingerprint density at radius 2 is 1.72 bits per heavy atom. The predicted molar refractivity (Wildman–Crippen MR) is 111 cm³/mol. The first-order valence-corrected chi connectivity index (χ1v) is 10.0. The smallest absolute Gasteiger partial charge is 0.155 e. The van der Waals surface area contributed by atoms with Gasteiger partial charge in [0.15, 0.2) is 5.65 Å². The van der Waals surface area contributed by atoms with Gasteiger partial charge in [0.2, 0.25) is 0 Å². The largest absolute Gasteiger partial charge is 0.472 e. The van der Waals surface area contributed by atoms with E-state index in [0.717, 1.165) is 58.9 Å². The van der Waals surface area contributed by atoms with Crippen LogP contribution in [0.25, 0.3) is 28.2 Å². The monoisotopic (exact) mass is 386 g/mol. The topological polar surface area (TPSA) is 62.7 Å². The molecular weight excluding hydrogens is 364 g/mol. The molecule has 2 aliphatic rings. The maximum absolute atomic E-state index is 5.32. The van der Waals surface area contributed by atoms with Gasteiger partial charge in [-0.1, -0.05) is 0 Å². The molecule has 4 aromatic heterocycles. The van der Waals surface area contributed by atoms with Gasteiger partial charge in [-0.05, 0) is 49.2 Å². The van der Waals surface area contributed by atoms with Crippen molar-refractivity contribution in [2.45, 2.75) is 0 Å². The lowest BCUT2D eigenvalue weighted by Crippen LogP contribution is -2.27. The number of hydrogen-bond donors (Lipinski definition) is 0. The van der Waals surface area contributed by atoms with Crippen LogP contribution in [0.1, 0.15) is 0 Å². The normalized spacial score (nSPS) is 21.9. The predicted octanol–water partition coefficient (Wildman–Crippen LogP) is 3.05. The fourth-order valence-electron chi connectivity index (χ4n) is 4.88. The molecule has 0 N–H and O–H groups in total. The van der Waals surface area contributed by atoms with Crippen LogP contribution < -0.4 is 4.90 Å². The zero-order valence-corrected chi connectivity index (χ0v) is 16.3. The van der Waals surface area contributed by atoms with Gasteiger partial charge in [0, 0.05) is 49.7 Å². The highest BCUT2D eigenvalue weighted by molar-refractivity contribution is 5.81. The van der Waals surface area contributed by atoms with Crippen LogP contribution in [-0.2, 0) is 0 Å². The Hall–Kier alpha value is -3.19. The zero-order valence-electron chi connectivity index (χ0n) is 16.3. The second kappa shape index (κ2) is 6.42. The van der Waals surface area contributed by atoms with Crippen molar-refractivity contribution in [3.8, 4) is 22.5 Å². The summed E-state index contributed by atoms with van der Waals surface area (Å²) in [5.74, 6) is 2.49. The van der Waals surface area contributed by atoms with E-state index in [0.29, 0.717) is 0 Å². The van der Waals surface area contributed by atoms with Crippen molar-refractivity contribution in [3.63, 3.8) is 0 Å². The lowest BCUT2D eigenvalue weighted by atomic mass is 10.0. The number of anilines is 1. The second-order valence-electron chi connectivity index (χ2n) is 8.16. The maximum Gasteiger partial charge on any atom is 0.155 e. The van der Waals surface area contributed by atoms with Crippen molar-refractivity contribution in [1.82, 2.24) is 24.5 Å². The molecule has 4 aromatic rings. The molecular formula is C22H22N6O. The van der Waals surface area contributed by atoms with Gasteiger partial charge in [-0.15, -0.1) is 5.10 Å². The van der Waals surface area contributed by atoms with E-state index in [-0.39, 0.29) is 0 Å². The van der Waals surface area contributed by atoms with Gasteiger partial charge in [0.05, 0.1) is 12.5 Å². The van der Waals surface area contributed by atoms with Crippen LogP contribution in [0.2, 0.25) is 0 Å². The Kier molecular flexibility index (Phi) is 3.70. The molecule has 0 saturated carbocycles. The molecule has 2 atom stereocenters. The molecule has 2 saturated heterocycles. The molecule has 7 nitrogen and oxygen atoms in total. The summed E-state index contributed by atoms with van der Waals surface area (Å²) in [7, 11) is 2.22. The first-order chi connectivity index (χ1) is 14.3. The number of fused-ring (bicyclic) bond motifs is 2. The summed E-state index contributed by atoms with van der Waals surface area (Å²) in [5.41, 5.74) is 4.64. The number of likely N-dealkylation sites (tertiary alicyclic amines) is 1. The number of pyridine rings is 1. The van der Waals surface area contributed by atoms with Gasteiger partial charge in [-0.25, -0.2) is 9.50 Å². The van der Waals surface area contributed by atoms with Crippen LogP contribution >= 0.6 is 0 Å². The van der Waals surface area contributed by atoms with Crippen molar-refractivity contribution in [2.24, 2.45) is 11.8 Å². The summed E-state index contributed by atoms with van der Waals surface area (Å²) < 4.78 is 7.28. The number of hydrogen-bond acceptors (Lipinski definition) is 6. The highest BCUT2D eigenvalue weighted by Gasteiger charge is 2.39. The summed E-state index contributed by atoms with van der Waals surface area (Å²) >= 11 is 0. The summed E-state index contributed by atoms with van der Waals surface area (Å²) in [6, 6.07) is 10.1. The van der Waals surface area contributed by atoms with Gasteiger partial charge in [-0.3, -0.25) is 4.98 Å². The molecule has 0 aromatic carbocycles. The van der Waals surface area contributed by atoms with Gasteiger partial charge in [0.25, 0.3) is 0 Å². The molecule has 146 valence electrons. The average molecular weight is 386 g/mol. The highest BCUT2D eigenvalue weighted by Crippen LogP contribution is 2.35. The number of rotatable bonds is 3. The molecule has 29 heavy (non-hydrogen) atoms. The molecule has 0 unspecified atom stereocenters. The van der Waals surface area contributed by atoms with Gasteiger partial charge in [-0.2, -0.15) is 0 Å². The Morgan fingerprint density at radius 3 is 2.45 bits per heavy atom. The van der Waals surface area contributed by atoms with Crippen molar-refractivity contribution in [1.29, 1.82) is 0 Å². The Morgan fingerprint density at radius 1 is 0.931 bits per heavy atom. The molecule has 0 aliphatic carbocycles. The molecule has 0 spiro atoms. The SMILES string of the molecule is CN1C[C@@H]2CN(c3ccc4nc(-c5ccoc5)c(-c5ccncc5)n4n3)C[C@@H]2C1. The van der Waals surface area contributed by atoms with E-state index in [1.54, 1.807) is 24.9 Å². The van der Waals surface area contributed by atoms with Gasteiger partial charge >= 0.3 is 0 Å². The van der Waals surface area contributed by atoms with Crippen LogP contribution in [0.4, 0.5) is 5.82 Å². The van der Waals surface area contributed by atoms with Crippen molar-refractivity contribution >= 4 is 11.5 Å². The van der Waals surface area contributed by atoms with Crippen molar-refractivity contribution < 1.29 is 4.42 Å². The third-order valence-electron chi connectivity index (χ3n) is 6.20. The Bertz CT molecular complexity index is 1140. The lowest BCUT2D eigenvalue weighted by molar-refractivity contribution is 0.386. The van der Waals surface area contributed by atoms with E-state index in [1.807, 2.05) is 22.7 Å². The molecule has 6 rings (SSSR count). The number of aromatic nitrogens is 4. The molecule has 0 radical (unpaired) electrons. The zero-order chi connectivity index (χ0) is 19.4. The van der Waals surface area contributed by atoms with Crippen molar-refractivity contribution in [2.75, 3.05) is 38.1 Å². The summed E-state index contributed by atoms with van der Waals surface area (Å²) in [6.45, 7) is 4.51. The van der Waals surface area contributed by atoms with E-state index < -0.39 is 0 Å². The lowest BCUT2D eigenvalue weighted by Gasteiger charge is -2.20. The standard InChI is InChI=1S/C22H22N6O/c1-26-10-17-12-27(13-18(17)11-26)20-3-2-19-24-21(16-6-9-29-14-16)22(28(19)25-20)15-4-7-23-8-5-15/h2-9,14,17-18H,10-13H2,1H3/t17-,18+. The van der Waals surface area contributed by atoms with Crippen LogP contribution in [0.15, 0.2) is 59.7 Å². The third-order valence-corrected chi connectivity index (χ3v) is 6.20. The number of nitrogens with zero attached hydrogens (tertiary/aromatic N) is 6. The molecule has 0 amide bonds. The minimum absolute atomic E-state index is 0.737. The minimum atomic E-state index is 0.737. The van der Waals surface area contributed by atoms with E-state index in [1.165, 1.54) is 13.1 Å². The average Bonchev–Trinajstić information content (AvgIpc) is 3.50. The molecule has 2 fully saturated rings. The fraction of sp³-hybridized carbons (Fsp3) is 0.318. The van der Waals surface area contributed by atoms with Crippen LogP contribution in [0, 0.1) is 11.8 Å². The van der Waals surface area contributed by atoms with E-state index in [2.05, 4.69) is 34.0 Å². The second-order valence-corrected chi connectivity index (χ2v) is 8.16. The van der Waals surface area contributed by atoms with E-state index >= 15 is 0 Å². The molecule has 2 aliphatic heterocycles. The maximum atomic E-state index is 5.32. The van der Waals surface area contributed by atoms with Gasteiger partial charge < -0.3 is 14.2 Å². The minimum Gasteiger partial charge on any atom is -0.472 e. The van der Waals surface area contributed by atoms with Crippen LogP contribution in [-0.4, -0.2) is 57.7 Å². The summed E-state index contributed by atoms with van der Waals surface area (Å²) in [6.07, 6.45) is 7.01. The summed E-state index contributed by atoms with van der Waals surface area (Å²) in [5, 5.41) is 5.03. The third kappa shape index (κ3) is 2.73. The molecule has 6 heterocycles. The Balaban J connectivity index is 1.47. The molecule has 7 heteroatoms. The number of imidazole rings is 1. The molecule has 0 bridgehead atoms. The first-order valence-electron chi connectivity index (χ1n) is 10.0. The van der Waals surface area contributed by atoms with E-state index in [4.69, 9.17) is 14.5 Å². The quantitative estimate of drug-likeness (QED) is 0.539. The van der Waals surface area contributed by atoms with E-state index in [9.17, 15) is 0 Å². The first kappa shape index (κ1) is 16.7. The fourth-order valence-corrected chi connectivity index (χ4v) is 4.88. The van der Waals surface area contributed by atoms with Gasteiger partial charge in [0.1, 0.15) is 17.2 Å². The van der Waals surface area contributed by atoms with Crippen molar-refractivity contribution in [3.05, 3.63) is 55.3 Å². The number of furan rings is 1. The Labute approximate surface area is 168 Å². The highest BCUT2D eigenvalue weighted by atomic mass is 16.3. The van der Waals surface area contributed by atoms with Crippen LogP contribution in [0.3, 0.4) is 0 Å². The summed E-state index contributed by atoms with van der Waals surface area (Å²) in [4.78, 5) is 13.9.